The summed E-state index contributed by atoms with van der Waals surface area (Å²) in [5.41, 5.74) is 0.514. The highest BCUT2D eigenvalue weighted by Gasteiger charge is 2.31. The lowest BCUT2D eigenvalue weighted by atomic mass is 10.1. The number of benzene rings is 2. The molecule has 0 atom stereocenters. The van der Waals surface area contributed by atoms with Crippen molar-refractivity contribution in [1.29, 1.82) is 0 Å². The lowest BCUT2D eigenvalue weighted by Crippen LogP contribution is -2.05. The Bertz CT molecular complexity index is 1010. The number of halogens is 3. The highest BCUT2D eigenvalue weighted by molar-refractivity contribution is 7.19. The third-order valence-corrected chi connectivity index (χ3v) is 4.41. The van der Waals surface area contributed by atoms with Gasteiger partial charge < -0.3 is 0 Å². The summed E-state index contributed by atoms with van der Waals surface area (Å²) in [5, 5.41) is 13.2. The van der Waals surface area contributed by atoms with E-state index in [-0.39, 0.29) is 5.82 Å². The Hall–Kier alpha value is -2.74. The molecule has 8 heteroatoms. The molecule has 120 valence electrons. The minimum atomic E-state index is -4.41. The molecule has 0 amide bonds. The molecule has 4 rings (SSSR count). The number of fused-ring (bicyclic) bond motifs is 1. The molecule has 2 aromatic heterocycles. The zero-order chi connectivity index (χ0) is 16.7. The molecule has 24 heavy (non-hydrogen) atoms. The molecule has 2 heterocycles. The minimum Gasteiger partial charge on any atom is -0.182 e. The highest BCUT2D eigenvalue weighted by Crippen LogP contribution is 2.33. The zero-order valence-corrected chi connectivity index (χ0v) is 12.8. The van der Waals surface area contributed by atoms with Crippen LogP contribution in [0.3, 0.4) is 0 Å². The summed E-state index contributed by atoms with van der Waals surface area (Å²) in [4.78, 5) is 0.529. The van der Waals surface area contributed by atoms with E-state index in [1.807, 2.05) is 30.3 Å². The van der Waals surface area contributed by atoms with E-state index < -0.39 is 11.7 Å². The molecule has 0 bridgehead atoms. The van der Waals surface area contributed by atoms with Crippen LogP contribution in [0.25, 0.3) is 26.9 Å². The molecule has 0 radical (unpaired) electrons. The number of hydrogen-bond acceptors (Lipinski definition) is 4. The monoisotopic (exact) mass is 346 g/mol. The van der Waals surface area contributed by atoms with E-state index in [1.54, 1.807) is 6.07 Å². The topological polar surface area (TPSA) is 43.1 Å². The molecule has 0 fully saturated rings. The van der Waals surface area contributed by atoms with E-state index in [9.17, 15) is 13.2 Å². The predicted molar refractivity (Wildman–Crippen MR) is 84.5 cm³/mol. The van der Waals surface area contributed by atoms with E-state index in [1.165, 1.54) is 21.9 Å². The summed E-state index contributed by atoms with van der Waals surface area (Å²) >= 11 is 1.33. The Labute approximate surface area is 138 Å². The van der Waals surface area contributed by atoms with Crippen molar-refractivity contribution in [1.82, 2.24) is 19.8 Å². The van der Waals surface area contributed by atoms with Crippen LogP contribution in [0.4, 0.5) is 13.2 Å². The van der Waals surface area contributed by atoms with Gasteiger partial charge in [-0.3, -0.25) is 0 Å². The highest BCUT2D eigenvalue weighted by atomic mass is 32.1. The van der Waals surface area contributed by atoms with Gasteiger partial charge in [0.05, 0.1) is 5.56 Å². The predicted octanol–water partition coefficient (Wildman–Crippen LogP) is 4.54. The van der Waals surface area contributed by atoms with Crippen molar-refractivity contribution in [3.05, 3.63) is 60.2 Å². The van der Waals surface area contributed by atoms with Crippen LogP contribution in [0.1, 0.15) is 5.56 Å². The summed E-state index contributed by atoms with van der Waals surface area (Å²) in [5.74, 6) is 0.287. The van der Waals surface area contributed by atoms with Gasteiger partial charge in [-0.05, 0) is 12.1 Å². The van der Waals surface area contributed by atoms with Crippen molar-refractivity contribution in [2.24, 2.45) is 0 Å². The quantitative estimate of drug-likeness (QED) is 0.535. The van der Waals surface area contributed by atoms with Crippen molar-refractivity contribution in [2.75, 3.05) is 0 Å². The third-order valence-electron chi connectivity index (χ3n) is 3.46. The number of hydrogen-bond donors (Lipinski definition) is 0. The zero-order valence-electron chi connectivity index (χ0n) is 12.0. The van der Waals surface area contributed by atoms with Crippen LogP contribution in [0, 0.1) is 0 Å². The maximum atomic E-state index is 12.9. The van der Waals surface area contributed by atoms with Crippen LogP contribution in [0.15, 0.2) is 54.6 Å². The molecule has 4 aromatic rings. The maximum Gasteiger partial charge on any atom is 0.416 e. The number of aromatic nitrogens is 4. The van der Waals surface area contributed by atoms with Gasteiger partial charge in [-0.25, -0.2) is 0 Å². The van der Waals surface area contributed by atoms with Gasteiger partial charge in [0.25, 0.3) is 0 Å². The van der Waals surface area contributed by atoms with Crippen LogP contribution in [-0.2, 0) is 6.18 Å². The first-order valence-corrected chi connectivity index (χ1v) is 7.79. The molecule has 4 nitrogen and oxygen atoms in total. The average Bonchev–Trinajstić information content (AvgIpc) is 3.15. The van der Waals surface area contributed by atoms with Crippen LogP contribution < -0.4 is 0 Å². The molecule has 0 unspecified atom stereocenters. The molecule has 0 saturated heterocycles. The second-order valence-corrected chi connectivity index (χ2v) is 6.03. The Morgan fingerprint density at radius 3 is 2.38 bits per heavy atom. The Kier molecular flexibility index (Phi) is 3.34. The largest absolute Gasteiger partial charge is 0.416 e. The first-order valence-electron chi connectivity index (χ1n) is 6.98. The van der Waals surface area contributed by atoms with E-state index >= 15 is 0 Å². The van der Waals surface area contributed by atoms with Gasteiger partial charge >= 0.3 is 6.18 Å². The van der Waals surface area contributed by atoms with Crippen molar-refractivity contribution in [3.63, 3.8) is 0 Å². The summed E-state index contributed by atoms with van der Waals surface area (Å²) in [6, 6.07) is 14.5. The summed E-state index contributed by atoms with van der Waals surface area (Å²) < 4.78 is 40.2. The van der Waals surface area contributed by atoms with Crippen molar-refractivity contribution >= 4 is 16.3 Å². The molecule has 0 saturated carbocycles. The van der Waals surface area contributed by atoms with E-state index in [0.29, 0.717) is 10.5 Å². The molecular weight excluding hydrogens is 337 g/mol. The molecule has 0 aliphatic heterocycles. The Morgan fingerprint density at radius 1 is 0.875 bits per heavy atom. The third kappa shape index (κ3) is 2.54. The lowest BCUT2D eigenvalue weighted by Gasteiger charge is -2.07. The SMILES string of the molecule is FC(F)(F)c1cccc(-c2nnc3sc(-c4ccccc4)nn23)c1. The molecule has 0 N–H and O–H groups in total. The van der Waals surface area contributed by atoms with Crippen LogP contribution in [0.2, 0.25) is 0 Å². The number of nitrogens with zero attached hydrogens (tertiary/aromatic N) is 4. The van der Waals surface area contributed by atoms with Gasteiger partial charge in [0.2, 0.25) is 4.96 Å². The normalized spacial score (nSPS) is 12.0. The van der Waals surface area contributed by atoms with Gasteiger partial charge in [0.15, 0.2) is 5.82 Å². The van der Waals surface area contributed by atoms with E-state index in [2.05, 4.69) is 15.3 Å². The standard InChI is InChI=1S/C16H9F3N4S/c17-16(18,19)12-8-4-7-11(9-12)13-20-21-15-23(13)22-14(24-15)10-5-2-1-3-6-10/h1-9H. The minimum absolute atomic E-state index is 0.287. The molecule has 0 spiro atoms. The molecule has 0 aliphatic rings. The van der Waals surface area contributed by atoms with Crippen molar-refractivity contribution < 1.29 is 13.2 Å². The van der Waals surface area contributed by atoms with Gasteiger partial charge in [-0.1, -0.05) is 53.8 Å². The Balaban J connectivity index is 1.82. The van der Waals surface area contributed by atoms with Gasteiger partial charge in [-0.15, -0.1) is 10.2 Å². The van der Waals surface area contributed by atoms with Crippen LogP contribution in [0.5, 0.6) is 0 Å². The summed E-state index contributed by atoms with van der Waals surface area (Å²) in [6.45, 7) is 0. The second kappa shape index (κ2) is 5.41. The van der Waals surface area contributed by atoms with Gasteiger partial charge in [0.1, 0.15) is 5.01 Å². The van der Waals surface area contributed by atoms with E-state index in [0.717, 1.165) is 22.7 Å². The van der Waals surface area contributed by atoms with Gasteiger partial charge in [0, 0.05) is 11.1 Å². The Morgan fingerprint density at radius 2 is 1.62 bits per heavy atom. The molecule has 2 aromatic carbocycles. The second-order valence-electron chi connectivity index (χ2n) is 5.07. The van der Waals surface area contributed by atoms with Gasteiger partial charge in [-0.2, -0.15) is 22.8 Å². The fourth-order valence-electron chi connectivity index (χ4n) is 2.33. The van der Waals surface area contributed by atoms with Crippen molar-refractivity contribution in [3.8, 4) is 22.0 Å². The summed E-state index contributed by atoms with van der Waals surface area (Å²) in [6.07, 6.45) is -4.41. The number of alkyl halides is 3. The van der Waals surface area contributed by atoms with Crippen LogP contribution in [-0.4, -0.2) is 19.8 Å². The number of rotatable bonds is 2. The smallest absolute Gasteiger partial charge is 0.182 e. The molecular formula is C16H9F3N4S. The fraction of sp³-hybridized carbons (Fsp3) is 0.0625. The lowest BCUT2D eigenvalue weighted by molar-refractivity contribution is -0.137. The maximum absolute atomic E-state index is 12.9. The summed E-state index contributed by atoms with van der Waals surface area (Å²) in [7, 11) is 0. The fourth-order valence-corrected chi connectivity index (χ4v) is 3.17. The average molecular weight is 346 g/mol. The van der Waals surface area contributed by atoms with E-state index in [4.69, 9.17) is 0 Å². The van der Waals surface area contributed by atoms with Crippen molar-refractivity contribution in [2.45, 2.75) is 6.18 Å². The first kappa shape index (κ1) is 14.8. The first-order chi connectivity index (χ1) is 11.5. The molecule has 0 aliphatic carbocycles. The van der Waals surface area contributed by atoms with Crippen LogP contribution >= 0.6 is 11.3 Å².